The van der Waals surface area contributed by atoms with Gasteiger partial charge in [-0.05, 0) is 44.4 Å². The molecule has 3 aromatic rings. The monoisotopic (exact) mass is 425 g/mol. The number of carbonyl (C=O) groups excluding carboxylic acids is 1. The molecule has 0 saturated heterocycles. The number of hydrogen-bond donors (Lipinski definition) is 1. The van der Waals surface area contributed by atoms with Crippen LogP contribution in [0.5, 0.6) is 0 Å². The molecule has 0 amide bonds. The van der Waals surface area contributed by atoms with Gasteiger partial charge < -0.3 is 9.84 Å². The van der Waals surface area contributed by atoms with Crippen LogP contribution in [0, 0.1) is 12.3 Å². The molecular formula is C23H23NO5S. The number of para-hydroxylation sites is 1. The van der Waals surface area contributed by atoms with E-state index in [-0.39, 0.29) is 11.3 Å². The average molecular weight is 426 g/mol. The van der Waals surface area contributed by atoms with Gasteiger partial charge in [-0.25, -0.2) is 12.4 Å². The quantitative estimate of drug-likeness (QED) is 0.651. The molecule has 2 aromatic carbocycles. The maximum absolute atomic E-state index is 13.7. The van der Waals surface area contributed by atoms with Gasteiger partial charge in [0.1, 0.15) is 11.0 Å². The van der Waals surface area contributed by atoms with Crippen LogP contribution in [0.4, 0.5) is 0 Å². The summed E-state index contributed by atoms with van der Waals surface area (Å²) in [5, 5.41) is 12.5. The Morgan fingerprint density at radius 1 is 1.10 bits per heavy atom. The number of methoxy groups -OCH3 is 1. The van der Waals surface area contributed by atoms with Gasteiger partial charge in [-0.15, -0.1) is 0 Å². The Morgan fingerprint density at radius 3 is 2.50 bits per heavy atom. The van der Waals surface area contributed by atoms with Crippen molar-refractivity contribution in [3.8, 4) is 0 Å². The van der Waals surface area contributed by atoms with Gasteiger partial charge >= 0.3 is 5.97 Å². The summed E-state index contributed by atoms with van der Waals surface area (Å²) in [6.07, 6.45) is 1.66. The first kappa shape index (κ1) is 19.3. The van der Waals surface area contributed by atoms with Crippen LogP contribution >= 0.6 is 0 Å². The topological polar surface area (TPSA) is 85.6 Å². The lowest BCUT2D eigenvalue weighted by Crippen LogP contribution is -2.45. The summed E-state index contributed by atoms with van der Waals surface area (Å²) in [5.41, 5.74) is -0.0858. The van der Waals surface area contributed by atoms with E-state index in [2.05, 4.69) is 0 Å². The first-order valence-corrected chi connectivity index (χ1v) is 11.5. The molecule has 6 nitrogen and oxygen atoms in total. The van der Waals surface area contributed by atoms with E-state index < -0.39 is 27.0 Å². The Balaban J connectivity index is 1.84. The highest BCUT2D eigenvalue weighted by molar-refractivity contribution is 7.90. The first-order valence-electron chi connectivity index (χ1n) is 10.0. The maximum Gasteiger partial charge on any atom is 0.315 e. The van der Waals surface area contributed by atoms with E-state index in [1.807, 2.05) is 19.1 Å². The van der Waals surface area contributed by atoms with Crippen molar-refractivity contribution in [1.29, 1.82) is 0 Å². The average Bonchev–Trinajstić information content (AvgIpc) is 3.31. The lowest BCUT2D eigenvalue weighted by atomic mass is 9.74. The van der Waals surface area contributed by atoms with Gasteiger partial charge in [-0.3, -0.25) is 4.79 Å². The molecule has 0 bridgehead atoms. The zero-order chi connectivity index (χ0) is 21.3. The van der Waals surface area contributed by atoms with Crippen molar-refractivity contribution >= 4 is 26.9 Å². The lowest BCUT2D eigenvalue weighted by Gasteiger charge is -2.34. The number of aliphatic hydroxyl groups is 1. The molecule has 156 valence electrons. The second kappa shape index (κ2) is 6.18. The predicted molar refractivity (Wildman–Crippen MR) is 112 cm³/mol. The minimum Gasteiger partial charge on any atom is -0.468 e. The zero-order valence-corrected chi connectivity index (χ0v) is 17.7. The fourth-order valence-corrected chi connectivity index (χ4v) is 7.05. The van der Waals surface area contributed by atoms with Gasteiger partial charge in [0.2, 0.25) is 0 Å². The summed E-state index contributed by atoms with van der Waals surface area (Å²) in [7, 11) is -2.61. The van der Waals surface area contributed by atoms with E-state index in [1.165, 1.54) is 11.1 Å². The third-order valence-electron chi connectivity index (χ3n) is 6.88. The second-order valence-electron chi connectivity index (χ2n) is 8.39. The van der Waals surface area contributed by atoms with Crippen LogP contribution < -0.4 is 0 Å². The summed E-state index contributed by atoms with van der Waals surface area (Å²) < 4.78 is 33.8. The molecule has 2 atom stereocenters. The standard InChI is InChI=1S/C23H23NO5S/c1-15-8-10-16(11-9-15)30(27,28)24-18-7-4-3-6-17(18)20-19(24)14-22(21(25)29-2)12-5-13-23(20,22)26/h3-4,6-11,26H,5,12-14H2,1-2H3/t22-,23-/m1/s1. The molecule has 0 radical (unpaired) electrons. The van der Waals surface area contributed by atoms with Crippen LogP contribution in [-0.2, 0) is 31.6 Å². The van der Waals surface area contributed by atoms with Gasteiger partial charge in [0, 0.05) is 23.1 Å². The number of aromatic nitrogens is 1. The molecule has 1 fully saturated rings. The molecule has 5 rings (SSSR count). The van der Waals surface area contributed by atoms with Crippen molar-refractivity contribution in [3.05, 3.63) is 65.4 Å². The Kier molecular flexibility index (Phi) is 3.98. The van der Waals surface area contributed by atoms with Crippen molar-refractivity contribution in [3.63, 3.8) is 0 Å². The molecule has 0 aliphatic heterocycles. The molecule has 0 spiro atoms. The highest BCUT2D eigenvalue weighted by Crippen LogP contribution is 2.62. The number of rotatable bonds is 3. The zero-order valence-electron chi connectivity index (χ0n) is 16.9. The summed E-state index contributed by atoms with van der Waals surface area (Å²) >= 11 is 0. The molecule has 7 heteroatoms. The first-order chi connectivity index (χ1) is 14.3. The van der Waals surface area contributed by atoms with E-state index in [4.69, 9.17) is 4.74 Å². The van der Waals surface area contributed by atoms with E-state index in [1.54, 1.807) is 36.4 Å². The van der Waals surface area contributed by atoms with Gasteiger partial charge in [-0.2, -0.15) is 0 Å². The summed E-state index contributed by atoms with van der Waals surface area (Å²) in [5.74, 6) is -0.484. The predicted octanol–water partition coefficient (Wildman–Crippen LogP) is 3.27. The van der Waals surface area contributed by atoms with E-state index in [0.29, 0.717) is 41.4 Å². The third kappa shape index (κ3) is 2.22. The summed E-state index contributed by atoms with van der Waals surface area (Å²) in [6, 6.07) is 13.9. The molecule has 0 unspecified atom stereocenters. The SMILES string of the molecule is COC(=O)[C@]12CCC[C@@]1(O)c1c(n(S(=O)(=O)c3ccc(C)cc3)c3ccccc13)C2. The van der Waals surface area contributed by atoms with E-state index >= 15 is 0 Å². The molecule has 1 heterocycles. The van der Waals surface area contributed by atoms with Crippen LogP contribution in [-0.4, -0.2) is 30.6 Å². The number of aryl methyl sites for hydroxylation is 1. The van der Waals surface area contributed by atoms with Crippen molar-refractivity contribution in [2.75, 3.05) is 7.11 Å². The fourth-order valence-electron chi connectivity index (χ4n) is 5.49. The molecule has 2 aliphatic carbocycles. The highest BCUT2D eigenvalue weighted by atomic mass is 32.2. The van der Waals surface area contributed by atoms with Gasteiger partial charge in [0.15, 0.2) is 0 Å². The van der Waals surface area contributed by atoms with Crippen molar-refractivity contribution < 1.29 is 23.1 Å². The third-order valence-corrected chi connectivity index (χ3v) is 8.64. The Labute approximate surface area is 175 Å². The smallest absolute Gasteiger partial charge is 0.315 e. The molecule has 1 N–H and O–H groups in total. The number of benzene rings is 2. The van der Waals surface area contributed by atoms with Crippen LogP contribution in [0.3, 0.4) is 0 Å². The minimum atomic E-state index is -3.93. The number of nitrogens with zero attached hydrogens (tertiary/aromatic N) is 1. The van der Waals surface area contributed by atoms with Gasteiger partial charge in [0.05, 0.1) is 17.5 Å². The summed E-state index contributed by atoms with van der Waals surface area (Å²) in [6.45, 7) is 1.90. The fraction of sp³-hybridized carbons (Fsp3) is 0.348. The molecular weight excluding hydrogens is 402 g/mol. The Bertz CT molecular complexity index is 1290. The van der Waals surface area contributed by atoms with Gasteiger partial charge in [-0.1, -0.05) is 35.9 Å². The number of carbonyl (C=O) groups is 1. The molecule has 1 aromatic heterocycles. The van der Waals surface area contributed by atoms with Crippen LogP contribution in [0.1, 0.15) is 36.1 Å². The van der Waals surface area contributed by atoms with Crippen molar-refractivity contribution in [2.24, 2.45) is 5.41 Å². The van der Waals surface area contributed by atoms with E-state index in [0.717, 1.165) is 5.56 Å². The van der Waals surface area contributed by atoms with Crippen molar-refractivity contribution in [2.45, 2.75) is 43.1 Å². The second-order valence-corrected chi connectivity index (χ2v) is 10.2. The number of esters is 1. The van der Waals surface area contributed by atoms with Crippen LogP contribution in [0.15, 0.2) is 53.4 Å². The molecule has 1 saturated carbocycles. The lowest BCUT2D eigenvalue weighted by molar-refractivity contribution is -0.167. The summed E-state index contributed by atoms with van der Waals surface area (Å²) in [4.78, 5) is 13.0. The number of ether oxygens (including phenoxy) is 1. The van der Waals surface area contributed by atoms with E-state index in [9.17, 15) is 18.3 Å². The van der Waals surface area contributed by atoms with Gasteiger partial charge in [0.25, 0.3) is 10.0 Å². The van der Waals surface area contributed by atoms with Crippen LogP contribution in [0.25, 0.3) is 10.9 Å². The normalized spacial score (nSPS) is 25.3. The van der Waals surface area contributed by atoms with Crippen LogP contribution in [0.2, 0.25) is 0 Å². The van der Waals surface area contributed by atoms with Crippen molar-refractivity contribution in [1.82, 2.24) is 3.97 Å². The minimum absolute atomic E-state index is 0.130. The Hall–Kier alpha value is -2.64. The molecule has 2 aliphatic rings. The maximum atomic E-state index is 13.7. The molecule has 30 heavy (non-hydrogen) atoms. The Morgan fingerprint density at radius 2 is 1.80 bits per heavy atom. The largest absolute Gasteiger partial charge is 0.468 e. The highest BCUT2D eigenvalue weighted by Gasteiger charge is 2.66. The number of fused-ring (bicyclic) bond motifs is 5. The number of hydrogen-bond acceptors (Lipinski definition) is 5.